The summed E-state index contributed by atoms with van der Waals surface area (Å²) in [4.78, 5) is 15.0. The number of aromatic nitrogens is 3. The quantitative estimate of drug-likeness (QED) is 0.548. The van der Waals surface area contributed by atoms with Gasteiger partial charge in [-0.25, -0.2) is 4.68 Å². The molecule has 2 atom stereocenters. The van der Waals surface area contributed by atoms with E-state index in [1.807, 2.05) is 43.9 Å². The summed E-state index contributed by atoms with van der Waals surface area (Å²) in [6.45, 7) is 9.14. The van der Waals surface area contributed by atoms with Gasteiger partial charge in [0.2, 0.25) is 11.1 Å². The molecule has 0 radical (unpaired) electrons. The molecule has 2 N–H and O–H groups in total. The second-order valence-corrected chi connectivity index (χ2v) is 8.94. The van der Waals surface area contributed by atoms with Crippen molar-refractivity contribution in [3.8, 4) is 5.75 Å². The SMILES string of the molecule is CCC1CCCCN1C(=O)C(C)Sc1nnc(COc2c(C)cccc2C)n1N. The molecule has 1 aromatic heterocycles. The van der Waals surface area contributed by atoms with E-state index >= 15 is 0 Å². The van der Waals surface area contributed by atoms with Gasteiger partial charge in [0.05, 0.1) is 5.25 Å². The van der Waals surface area contributed by atoms with Gasteiger partial charge in [0, 0.05) is 12.6 Å². The summed E-state index contributed by atoms with van der Waals surface area (Å²) in [5.74, 6) is 7.70. The van der Waals surface area contributed by atoms with Crippen LogP contribution in [0.2, 0.25) is 0 Å². The van der Waals surface area contributed by atoms with Gasteiger partial charge in [-0.3, -0.25) is 4.79 Å². The molecule has 158 valence electrons. The van der Waals surface area contributed by atoms with Crippen LogP contribution >= 0.6 is 11.8 Å². The van der Waals surface area contributed by atoms with Gasteiger partial charge in [-0.05, 0) is 57.6 Å². The monoisotopic (exact) mass is 417 g/mol. The number of nitrogens with zero attached hydrogens (tertiary/aromatic N) is 4. The van der Waals surface area contributed by atoms with Gasteiger partial charge in [0.25, 0.3) is 0 Å². The van der Waals surface area contributed by atoms with Crippen LogP contribution in [0.25, 0.3) is 0 Å². The predicted molar refractivity (Wildman–Crippen MR) is 115 cm³/mol. The number of benzene rings is 1. The zero-order valence-electron chi connectivity index (χ0n) is 17.7. The van der Waals surface area contributed by atoms with E-state index in [0.717, 1.165) is 42.7 Å². The Bertz CT molecular complexity index is 833. The molecule has 2 aromatic rings. The molecule has 0 spiro atoms. The minimum atomic E-state index is -0.263. The first-order valence-electron chi connectivity index (χ1n) is 10.3. The summed E-state index contributed by atoms with van der Waals surface area (Å²) in [7, 11) is 0. The van der Waals surface area contributed by atoms with Crippen LogP contribution in [-0.4, -0.2) is 43.5 Å². The Morgan fingerprint density at radius 3 is 2.72 bits per heavy atom. The lowest BCUT2D eigenvalue weighted by atomic mass is 10.00. The molecule has 1 aliphatic rings. The maximum absolute atomic E-state index is 13.0. The Morgan fingerprint density at radius 1 is 1.31 bits per heavy atom. The van der Waals surface area contributed by atoms with Crippen molar-refractivity contribution in [1.29, 1.82) is 0 Å². The molecule has 1 aliphatic heterocycles. The van der Waals surface area contributed by atoms with Crippen LogP contribution in [0, 0.1) is 13.8 Å². The number of nitrogen functional groups attached to an aromatic ring is 1. The molecule has 0 saturated carbocycles. The van der Waals surface area contributed by atoms with E-state index in [4.69, 9.17) is 10.6 Å². The molecule has 0 bridgehead atoms. The van der Waals surface area contributed by atoms with E-state index in [-0.39, 0.29) is 17.8 Å². The van der Waals surface area contributed by atoms with Crippen molar-refractivity contribution in [3.63, 3.8) is 0 Å². The van der Waals surface area contributed by atoms with Crippen molar-refractivity contribution >= 4 is 17.7 Å². The van der Waals surface area contributed by atoms with Gasteiger partial charge < -0.3 is 15.5 Å². The summed E-state index contributed by atoms with van der Waals surface area (Å²) in [6, 6.07) is 6.36. The van der Waals surface area contributed by atoms with Crippen LogP contribution in [0.4, 0.5) is 0 Å². The van der Waals surface area contributed by atoms with Crippen LogP contribution < -0.4 is 10.6 Å². The fraction of sp³-hybridized carbons (Fsp3) is 0.571. The number of nitrogens with two attached hydrogens (primary N) is 1. The molecule has 0 aliphatic carbocycles. The van der Waals surface area contributed by atoms with Gasteiger partial charge >= 0.3 is 0 Å². The lowest BCUT2D eigenvalue weighted by Gasteiger charge is -2.36. The molecular weight excluding hydrogens is 386 g/mol. The fourth-order valence-corrected chi connectivity index (χ4v) is 4.67. The largest absolute Gasteiger partial charge is 0.485 e. The Morgan fingerprint density at radius 2 is 2.03 bits per heavy atom. The van der Waals surface area contributed by atoms with Crippen LogP contribution in [0.5, 0.6) is 5.75 Å². The Labute approximate surface area is 177 Å². The highest BCUT2D eigenvalue weighted by molar-refractivity contribution is 8.00. The average Bonchev–Trinajstić information content (AvgIpc) is 3.06. The Hall–Kier alpha value is -2.22. The first kappa shape index (κ1) is 21.5. The highest BCUT2D eigenvalue weighted by Gasteiger charge is 2.30. The number of hydrogen-bond acceptors (Lipinski definition) is 6. The summed E-state index contributed by atoms with van der Waals surface area (Å²) in [5, 5.41) is 8.60. The molecule has 2 heterocycles. The van der Waals surface area contributed by atoms with E-state index in [0.29, 0.717) is 17.0 Å². The van der Waals surface area contributed by atoms with Crippen LogP contribution in [-0.2, 0) is 11.4 Å². The number of hydrogen-bond donors (Lipinski definition) is 1. The molecule has 1 aromatic carbocycles. The molecular formula is C21H31N5O2S. The number of piperidine rings is 1. The van der Waals surface area contributed by atoms with Crippen LogP contribution in [0.1, 0.15) is 56.5 Å². The van der Waals surface area contributed by atoms with Crippen molar-refractivity contribution in [2.24, 2.45) is 0 Å². The number of likely N-dealkylation sites (tertiary alicyclic amines) is 1. The number of carbonyl (C=O) groups is 1. The molecule has 1 fully saturated rings. The molecule has 29 heavy (non-hydrogen) atoms. The standard InChI is InChI=1S/C21H31N5O2S/c1-5-17-11-6-7-12-25(17)20(27)16(4)29-21-24-23-18(26(21)22)13-28-19-14(2)9-8-10-15(19)3/h8-10,16-17H,5-7,11-13,22H2,1-4H3. The summed E-state index contributed by atoms with van der Waals surface area (Å²) >= 11 is 1.35. The lowest BCUT2D eigenvalue weighted by molar-refractivity contribution is -0.134. The second kappa shape index (κ2) is 9.52. The number of para-hydroxylation sites is 1. The number of amides is 1. The number of carbonyl (C=O) groups excluding carboxylic acids is 1. The van der Waals surface area contributed by atoms with Crippen molar-refractivity contribution in [1.82, 2.24) is 19.8 Å². The normalized spacial score (nSPS) is 17.9. The minimum absolute atomic E-state index is 0.151. The third-order valence-electron chi connectivity index (χ3n) is 5.50. The smallest absolute Gasteiger partial charge is 0.236 e. The molecule has 8 heteroatoms. The van der Waals surface area contributed by atoms with E-state index in [1.165, 1.54) is 22.9 Å². The highest BCUT2D eigenvalue weighted by atomic mass is 32.2. The molecule has 1 saturated heterocycles. The van der Waals surface area contributed by atoms with Gasteiger partial charge in [-0.2, -0.15) is 0 Å². The lowest BCUT2D eigenvalue weighted by Crippen LogP contribution is -2.46. The predicted octanol–water partition coefficient (Wildman–Crippen LogP) is 3.46. The zero-order chi connectivity index (χ0) is 21.0. The maximum Gasteiger partial charge on any atom is 0.236 e. The van der Waals surface area contributed by atoms with Gasteiger partial charge in [-0.15, -0.1) is 10.2 Å². The minimum Gasteiger partial charge on any atom is -0.485 e. The topological polar surface area (TPSA) is 86.3 Å². The fourth-order valence-electron chi connectivity index (χ4n) is 3.81. The Balaban J connectivity index is 1.63. The number of aryl methyl sites for hydroxylation is 2. The van der Waals surface area contributed by atoms with Crippen molar-refractivity contribution < 1.29 is 9.53 Å². The van der Waals surface area contributed by atoms with Crippen molar-refractivity contribution in [2.45, 2.75) is 76.4 Å². The summed E-state index contributed by atoms with van der Waals surface area (Å²) in [5.41, 5.74) is 2.13. The molecule has 2 unspecified atom stereocenters. The first-order chi connectivity index (χ1) is 13.9. The molecule has 1 amide bonds. The van der Waals surface area contributed by atoms with Gasteiger partial charge in [0.1, 0.15) is 12.4 Å². The zero-order valence-corrected chi connectivity index (χ0v) is 18.5. The van der Waals surface area contributed by atoms with Gasteiger partial charge in [0.15, 0.2) is 5.82 Å². The first-order valence-corrected chi connectivity index (χ1v) is 11.2. The van der Waals surface area contributed by atoms with Crippen LogP contribution in [0.15, 0.2) is 23.4 Å². The van der Waals surface area contributed by atoms with Gasteiger partial charge in [-0.1, -0.05) is 36.9 Å². The van der Waals surface area contributed by atoms with Crippen molar-refractivity contribution in [3.05, 3.63) is 35.2 Å². The van der Waals surface area contributed by atoms with E-state index < -0.39 is 0 Å². The average molecular weight is 418 g/mol. The van der Waals surface area contributed by atoms with Crippen LogP contribution in [0.3, 0.4) is 0 Å². The third kappa shape index (κ3) is 4.86. The number of ether oxygens (including phenoxy) is 1. The highest BCUT2D eigenvalue weighted by Crippen LogP contribution is 2.27. The maximum atomic E-state index is 13.0. The van der Waals surface area contributed by atoms with Crippen molar-refractivity contribution in [2.75, 3.05) is 12.4 Å². The van der Waals surface area contributed by atoms with E-state index in [2.05, 4.69) is 17.1 Å². The summed E-state index contributed by atoms with van der Waals surface area (Å²) in [6.07, 6.45) is 4.36. The Kier molecular flexibility index (Phi) is 7.05. The molecule has 7 nitrogen and oxygen atoms in total. The van der Waals surface area contributed by atoms with E-state index in [9.17, 15) is 4.79 Å². The second-order valence-electron chi connectivity index (χ2n) is 7.63. The number of rotatable bonds is 7. The molecule has 3 rings (SSSR count). The number of thioether (sulfide) groups is 1. The summed E-state index contributed by atoms with van der Waals surface area (Å²) < 4.78 is 7.36. The van der Waals surface area contributed by atoms with E-state index in [1.54, 1.807) is 0 Å². The third-order valence-corrected chi connectivity index (χ3v) is 6.55.